The maximum absolute atomic E-state index is 13.7. The molecule has 1 saturated heterocycles. The van der Waals surface area contributed by atoms with E-state index in [0.717, 1.165) is 22.9 Å². The topological polar surface area (TPSA) is 69.7 Å². The second kappa shape index (κ2) is 9.36. The number of nitrogens with zero attached hydrogens (tertiary/aromatic N) is 2. The first-order valence-electron chi connectivity index (χ1n) is 10.4. The van der Waals surface area contributed by atoms with Crippen LogP contribution in [0.4, 0.5) is 9.18 Å². The molecule has 6 nitrogen and oxygen atoms in total. The van der Waals surface area contributed by atoms with Gasteiger partial charge in [0.05, 0.1) is 12.3 Å². The van der Waals surface area contributed by atoms with Crippen molar-refractivity contribution < 1.29 is 17.6 Å². The number of benzene rings is 2. The molecule has 0 bridgehead atoms. The molecule has 2 aromatic rings. The molecule has 1 N–H and O–H groups in total. The van der Waals surface area contributed by atoms with Gasteiger partial charge in [0.1, 0.15) is 5.82 Å². The van der Waals surface area contributed by atoms with Crippen molar-refractivity contribution in [3.05, 3.63) is 59.9 Å². The van der Waals surface area contributed by atoms with E-state index in [9.17, 15) is 17.6 Å². The Hall–Kier alpha value is -2.45. The summed E-state index contributed by atoms with van der Waals surface area (Å²) in [6.07, 6.45) is 2.19. The third-order valence-corrected chi connectivity index (χ3v) is 6.49. The number of hydrogen-bond acceptors (Lipinski definition) is 3. The van der Waals surface area contributed by atoms with Crippen molar-refractivity contribution >= 4 is 16.1 Å². The number of urea groups is 1. The number of halogens is 1. The maximum Gasteiger partial charge on any atom is 0.320 e. The first-order valence-corrected chi connectivity index (χ1v) is 12.3. The molecular weight excluding hydrogens is 417 g/mol. The van der Waals surface area contributed by atoms with E-state index in [1.807, 2.05) is 44.2 Å². The second-order valence-electron chi connectivity index (χ2n) is 8.45. The average Bonchev–Trinajstić information content (AvgIpc) is 3.07. The summed E-state index contributed by atoms with van der Waals surface area (Å²) in [6.45, 7) is 4.37. The normalized spacial score (nSPS) is 19.1. The minimum atomic E-state index is -3.42. The number of rotatable bonds is 6. The van der Waals surface area contributed by atoms with Crippen molar-refractivity contribution in [2.45, 2.75) is 44.8 Å². The van der Waals surface area contributed by atoms with Crippen LogP contribution in [0.3, 0.4) is 0 Å². The molecule has 0 aliphatic carbocycles. The summed E-state index contributed by atoms with van der Waals surface area (Å²) in [5.74, 6) is -0.301. The highest BCUT2D eigenvalue weighted by Gasteiger charge is 2.39. The van der Waals surface area contributed by atoms with Crippen molar-refractivity contribution in [2.24, 2.45) is 0 Å². The monoisotopic (exact) mass is 447 g/mol. The molecule has 2 amide bonds. The van der Waals surface area contributed by atoms with Gasteiger partial charge in [-0.1, -0.05) is 36.4 Å². The third kappa shape index (κ3) is 5.83. The zero-order valence-corrected chi connectivity index (χ0v) is 19.2. The summed E-state index contributed by atoms with van der Waals surface area (Å²) in [6, 6.07) is 13.4. The molecule has 0 aromatic heterocycles. The molecule has 3 rings (SSSR count). The Labute approximate surface area is 184 Å². The molecule has 0 unspecified atom stereocenters. The van der Waals surface area contributed by atoms with Crippen LogP contribution in [-0.4, -0.2) is 62.2 Å². The van der Waals surface area contributed by atoms with E-state index in [4.69, 9.17) is 0 Å². The minimum absolute atomic E-state index is 0.0337. The minimum Gasteiger partial charge on any atom is -0.325 e. The Morgan fingerprint density at radius 2 is 1.84 bits per heavy atom. The largest absolute Gasteiger partial charge is 0.325 e. The molecule has 1 fully saturated rings. The van der Waals surface area contributed by atoms with Crippen molar-refractivity contribution in [3.8, 4) is 11.1 Å². The lowest BCUT2D eigenvalue weighted by molar-refractivity contribution is 0.145. The van der Waals surface area contributed by atoms with Gasteiger partial charge in [0, 0.05) is 25.7 Å². The molecule has 1 aliphatic heterocycles. The van der Waals surface area contributed by atoms with E-state index in [-0.39, 0.29) is 30.0 Å². The van der Waals surface area contributed by atoms with Gasteiger partial charge in [-0.05, 0) is 55.5 Å². The summed E-state index contributed by atoms with van der Waals surface area (Å²) in [5, 5.41) is 0. The van der Waals surface area contributed by atoms with E-state index in [1.165, 1.54) is 12.1 Å². The predicted octanol–water partition coefficient (Wildman–Crippen LogP) is 3.49. The number of carbonyl (C=O) groups is 1. The standard InChI is InChI=1S/C23H30FN3O3S/c1-16(2)26(3)23(28)27-12-11-21(25-31(4,29)30)22(27)14-17-7-5-8-18(13-17)19-9-6-10-20(24)15-19/h5-10,13,15-16,21-22,25H,11-12,14H2,1-4H3/t21-,22-/m0/s1. The maximum atomic E-state index is 13.7. The number of sulfonamides is 1. The van der Waals surface area contributed by atoms with E-state index in [1.54, 1.807) is 22.9 Å². The van der Waals surface area contributed by atoms with E-state index >= 15 is 0 Å². The van der Waals surface area contributed by atoms with Crippen molar-refractivity contribution in [3.63, 3.8) is 0 Å². The number of amides is 2. The first-order chi connectivity index (χ1) is 14.5. The number of carbonyl (C=O) groups excluding carboxylic acids is 1. The zero-order valence-electron chi connectivity index (χ0n) is 18.4. The van der Waals surface area contributed by atoms with Crippen LogP contribution < -0.4 is 4.72 Å². The third-order valence-electron chi connectivity index (χ3n) is 5.76. The molecule has 31 heavy (non-hydrogen) atoms. The fourth-order valence-electron chi connectivity index (χ4n) is 3.97. The van der Waals surface area contributed by atoms with Gasteiger partial charge in [0.15, 0.2) is 0 Å². The predicted molar refractivity (Wildman–Crippen MR) is 121 cm³/mol. The highest BCUT2D eigenvalue weighted by Crippen LogP contribution is 2.27. The second-order valence-corrected chi connectivity index (χ2v) is 10.2. The van der Waals surface area contributed by atoms with Crippen LogP contribution in [0.2, 0.25) is 0 Å². The molecule has 168 valence electrons. The van der Waals surface area contributed by atoms with Gasteiger partial charge in [-0.2, -0.15) is 0 Å². The van der Waals surface area contributed by atoms with E-state index in [0.29, 0.717) is 19.4 Å². The zero-order chi connectivity index (χ0) is 22.8. The molecule has 1 heterocycles. The summed E-state index contributed by atoms with van der Waals surface area (Å²) in [4.78, 5) is 16.5. The lowest BCUT2D eigenvalue weighted by atomic mass is 9.97. The molecule has 0 spiro atoms. The van der Waals surface area contributed by atoms with Crippen LogP contribution in [0, 0.1) is 5.82 Å². The van der Waals surface area contributed by atoms with Gasteiger partial charge in [0.2, 0.25) is 10.0 Å². The van der Waals surface area contributed by atoms with Gasteiger partial charge < -0.3 is 9.80 Å². The Kier molecular flexibility index (Phi) is 7.01. The Balaban J connectivity index is 1.90. The highest BCUT2D eigenvalue weighted by molar-refractivity contribution is 7.88. The van der Waals surface area contributed by atoms with Crippen LogP contribution in [0.1, 0.15) is 25.8 Å². The highest BCUT2D eigenvalue weighted by atomic mass is 32.2. The van der Waals surface area contributed by atoms with Crippen LogP contribution >= 0.6 is 0 Å². The van der Waals surface area contributed by atoms with E-state index < -0.39 is 10.0 Å². The van der Waals surface area contributed by atoms with Gasteiger partial charge in [-0.3, -0.25) is 0 Å². The Morgan fingerprint density at radius 1 is 1.19 bits per heavy atom. The first kappa shape index (κ1) is 23.2. The molecule has 8 heteroatoms. The van der Waals surface area contributed by atoms with Crippen molar-refractivity contribution in [2.75, 3.05) is 19.8 Å². The van der Waals surface area contributed by atoms with Gasteiger partial charge in [0.25, 0.3) is 0 Å². The lowest BCUT2D eigenvalue weighted by Crippen LogP contribution is -2.51. The van der Waals surface area contributed by atoms with Gasteiger partial charge >= 0.3 is 6.03 Å². The molecule has 2 atom stereocenters. The van der Waals surface area contributed by atoms with Crippen LogP contribution in [-0.2, 0) is 16.4 Å². The van der Waals surface area contributed by atoms with Gasteiger partial charge in [-0.15, -0.1) is 0 Å². The van der Waals surface area contributed by atoms with Crippen molar-refractivity contribution in [1.82, 2.24) is 14.5 Å². The molecule has 1 aliphatic rings. The van der Waals surface area contributed by atoms with Crippen LogP contribution in [0.25, 0.3) is 11.1 Å². The van der Waals surface area contributed by atoms with Crippen LogP contribution in [0.5, 0.6) is 0 Å². The molecule has 0 saturated carbocycles. The quantitative estimate of drug-likeness (QED) is 0.737. The summed E-state index contributed by atoms with van der Waals surface area (Å²) >= 11 is 0. The average molecular weight is 448 g/mol. The molecule has 0 radical (unpaired) electrons. The summed E-state index contributed by atoms with van der Waals surface area (Å²) in [5.41, 5.74) is 2.60. The Bertz CT molecular complexity index is 1040. The molecular formula is C23H30FN3O3S. The molecule has 2 aromatic carbocycles. The fraction of sp³-hybridized carbons (Fsp3) is 0.435. The Morgan fingerprint density at radius 3 is 2.45 bits per heavy atom. The number of hydrogen-bond donors (Lipinski definition) is 1. The van der Waals surface area contributed by atoms with E-state index in [2.05, 4.69) is 4.72 Å². The fourth-order valence-corrected chi connectivity index (χ4v) is 4.79. The smallest absolute Gasteiger partial charge is 0.320 e. The number of likely N-dealkylation sites (tertiary alicyclic amines) is 1. The van der Waals surface area contributed by atoms with Crippen molar-refractivity contribution in [1.29, 1.82) is 0 Å². The van der Waals surface area contributed by atoms with Gasteiger partial charge in [-0.25, -0.2) is 22.3 Å². The SMILES string of the molecule is CC(C)N(C)C(=O)N1CC[C@H](NS(C)(=O)=O)[C@@H]1Cc1cccc(-c2cccc(F)c2)c1. The number of nitrogens with one attached hydrogen (secondary N) is 1. The lowest BCUT2D eigenvalue weighted by Gasteiger charge is -2.33. The van der Waals surface area contributed by atoms with Crippen LogP contribution in [0.15, 0.2) is 48.5 Å². The summed E-state index contributed by atoms with van der Waals surface area (Å²) < 4.78 is 40.2. The summed E-state index contributed by atoms with van der Waals surface area (Å²) in [7, 11) is -1.66.